The molecule has 0 bridgehead atoms. The third kappa shape index (κ3) is 8.35. The summed E-state index contributed by atoms with van der Waals surface area (Å²) in [6.07, 6.45) is -2.61. The van der Waals surface area contributed by atoms with Crippen LogP contribution >= 0.6 is 0 Å². The maximum atomic E-state index is 12.5. The predicted molar refractivity (Wildman–Crippen MR) is 104 cm³/mol. The van der Waals surface area contributed by atoms with Crippen LogP contribution in [0.15, 0.2) is 29.3 Å². The summed E-state index contributed by atoms with van der Waals surface area (Å²) in [6.45, 7) is 6.51. The van der Waals surface area contributed by atoms with Crippen molar-refractivity contribution < 1.29 is 17.9 Å². The van der Waals surface area contributed by atoms with Gasteiger partial charge in [-0.3, -0.25) is 4.99 Å². The maximum absolute atomic E-state index is 12.5. The number of hydrogen-bond donors (Lipinski definition) is 2. The summed E-state index contributed by atoms with van der Waals surface area (Å²) in [4.78, 5) is 8.93. The van der Waals surface area contributed by atoms with E-state index in [0.717, 1.165) is 52.1 Å². The van der Waals surface area contributed by atoms with Gasteiger partial charge in [-0.25, -0.2) is 0 Å². The fourth-order valence-corrected chi connectivity index (χ4v) is 3.01. The van der Waals surface area contributed by atoms with Gasteiger partial charge >= 0.3 is 6.36 Å². The first-order valence-corrected chi connectivity index (χ1v) is 9.56. The highest BCUT2D eigenvalue weighted by Gasteiger charge is 2.31. The summed E-state index contributed by atoms with van der Waals surface area (Å²) in [7, 11) is 3.78. The molecule has 1 heterocycles. The number of ether oxygens (including phenoxy) is 1. The van der Waals surface area contributed by atoms with Crippen LogP contribution < -0.4 is 15.4 Å². The van der Waals surface area contributed by atoms with Crippen molar-refractivity contribution in [1.82, 2.24) is 20.4 Å². The molecule has 1 fully saturated rings. The lowest BCUT2D eigenvalue weighted by molar-refractivity contribution is -0.274. The number of unbranched alkanes of at least 4 members (excludes halogenated alkanes) is 1. The predicted octanol–water partition coefficient (Wildman–Crippen LogP) is 2.28. The van der Waals surface area contributed by atoms with Crippen molar-refractivity contribution in [3.8, 4) is 5.75 Å². The van der Waals surface area contributed by atoms with Crippen LogP contribution in [0.25, 0.3) is 0 Å². The lowest BCUT2D eigenvalue weighted by Crippen LogP contribution is -2.44. The summed E-state index contributed by atoms with van der Waals surface area (Å²) in [5, 5.41) is 6.23. The first-order chi connectivity index (χ1) is 13.4. The maximum Gasteiger partial charge on any atom is 0.573 e. The van der Waals surface area contributed by atoms with Gasteiger partial charge in [-0.05, 0) is 32.5 Å². The van der Waals surface area contributed by atoms with Gasteiger partial charge in [0, 0.05) is 51.9 Å². The highest BCUT2D eigenvalue weighted by atomic mass is 19.4. The standard InChI is InChI=1S/C19H30F3N5O/c1-23-18(24-9-5-6-10-27-13-11-26(2)12-14-27)25-15-16-7-3-4-8-17(16)28-19(20,21)22/h3-4,7-8H,5-6,9-15H2,1-2H3,(H2,23,24,25). The van der Waals surface area contributed by atoms with E-state index in [9.17, 15) is 13.2 Å². The van der Waals surface area contributed by atoms with Gasteiger partial charge in [-0.2, -0.15) is 0 Å². The van der Waals surface area contributed by atoms with E-state index in [1.54, 1.807) is 19.2 Å². The quantitative estimate of drug-likeness (QED) is 0.398. The van der Waals surface area contributed by atoms with Crippen LogP contribution in [0.4, 0.5) is 13.2 Å². The van der Waals surface area contributed by atoms with Crippen LogP contribution in [0.3, 0.4) is 0 Å². The van der Waals surface area contributed by atoms with Crippen molar-refractivity contribution in [2.24, 2.45) is 4.99 Å². The van der Waals surface area contributed by atoms with Crippen molar-refractivity contribution in [2.45, 2.75) is 25.7 Å². The number of alkyl halides is 3. The first-order valence-electron chi connectivity index (χ1n) is 9.56. The van der Waals surface area contributed by atoms with Crippen LogP contribution in [0.1, 0.15) is 18.4 Å². The van der Waals surface area contributed by atoms with E-state index in [0.29, 0.717) is 11.5 Å². The van der Waals surface area contributed by atoms with Crippen molar-refractivity contribution in [3.63, 3.8) is 0 Å². The minimum absolute atomic E-state index is 0.188. The second-order valence-electron chi connectivity index (χ2n) is 6.86. The number of nitrogens with one attached hydrogen (secondary N) is 2. The number of piperazine rings is 1. The molecule has 0 unspecified atom stereocenters. The number of halogens is 3. The Labute approximate surface area is 164 Å². The van der Waals surface area contributed by atoms with E-state index in [1.165, 1.54) is 12.1 Å². The lowest BCUT2D eigenvalue weighted by atomic mass is 10.2. The molecule has 1 aliphatic rings. The second-order valence-corrected chi connectivity index (χ2v) is 6.86. The number of para-hydroxylation sites is 1. The van der Waals surface area contributed by atoms with Crippen molar-refractivity contribution >= 4 is 5.96 Å². The van der Waals surface area contributed by atoms with E-state index in [-0.39, 0.29) is 12.3 Å². The summed E-state index contributed by atoms with van der Waals surface area (Å²) < 4.78 is 41.6. The zero-order chi connectivity index (χ0) is 20.4. The van der Waals surface area contributed by atoms with Gasteiger partial charge in [0.15, 0.2) is 5.96 Å². The summed E-state index contributed by atoms with van der Waals surface area (Å²) >= 11 is 0. The van der Waals surface area contributed by atoms with Gasteiger partial charge in [-0.15, -0.1) is 13.2 Å². The van der Waals surface area contributed by atoms with E-state index in [2.05, 4.69) is 37.2 Å². The number of benzene rings is 1. The molecule has 1 aliphatic heterocycles. The van der Waals surface area contributed by atoms with Crippen LogP contribution in [0.2, 0.25) is 0 Å². The molecule has 1 saturated heterocycles. The van der Waals surface area contributed by atoms with E-state index >= 15 is 0 Å². The molecule has 0 saturated carbocycles. The number of likely N-dealkylation sites (N-methyl/N-ethyl adjacent to an activating group) is 1. The molecule has 158 valence electrons. The number of nitrogens with zero attached hydrogens (tertiary/aromatic N) is 3. The number of guanidine groups is 1. The Kier molecular flexibility index (Phi) is 8.85. The van der Waals surface area contributed by atoms with E-state index in [1.807, 2.05) is 0 Å². The largest absolute Gasteiger partial charge is 0.573 e. The zero-order valence-corrected chi connectivity index (χ0v) is 16.6. The van der Waals surface area contributed by atoms with Gasteiger partial charge in [0.25, 0.3) is 0 Å². The summed E-state index contributed by atoms with van der Waals surface area (Å²) in [5.41, 5.74) is 0.415. The Morgan fingerprint density at radius 3 is 2.50 bits per heavy atom. The first kappa shape index (κ1) is 22.3. The Balaban J connectivity index is 1.68. The van der Waals surface area contributed by atoms with E-state index < -0.39 is 6.36 Å². The van der Waals surface area contributed by atoms with Gasteiger partial charge in [-0.1, -0.05) is 18.2 Å². The van der Waals surface area contributed by atoms with Crippen LogP contribution in [0, 0.1) is 0 Å². The Hall–Kier alpha value is -2.00. The van der Waals surface area contributed by atoms with Crippen molar-refractivity contribution in [1.29, 1.82) is 0 Å². The van der Waals surface area contributed by atoms with Crippen LogP contribution in [-0.2, 0) is 6.54 Å². The van der Waals surface area contributed by atoms with Crippen LogP contribution in [-0.4, -0.2) is 75.5 Å². The molecule has 0 radical (unpaired) electrons. The molecule has 0 spiro atoms. The topological polar surface area (TPSA) is 52.1 Å². The van der Waals surface area contributed by atoms with Crippen molar-refractivity contribution in [2.75, 3.05) is 53.4 Å². The molecule has 1 aromatic carbocycles. The van der Waals surface area contributed by atoms with Gasteiger partial charge in [0.1, 0.15) is 5.75 Å². The smallest absolute Gasteiger partial charge is 0.405 e. The van der Waals surface area contributed by atoms with Crippen LogP contribution in [0.5, 0.6) is 5.75 Å². The summed E-state index contributed by atoms with van der Waals surface area (Å²) in [5.74, 6) is 0.353. The Morgan fingerprint density at radius 1 is 1.11 bits per heavy atom. The Bertz CT molecular complexity index is 616. The third-order valence-corrected chi connectivity index (χ3v) is 4.66. The monoisotopic (exact) mass is 401 g/mol. The molecule has 0 aromatic heterocycles. The number of aliphatic imine (C=N–C) groups is 1. The van der Waals surface area contributed by atoms with Crippen molar-refractivity contribution in [3.05, 3.63) is 29.8 Å². The molecule has 0 aliphatic carbocycles. The molecule has 28 heavy (non-hydrogen) atoms. The fraction of sp³-hybridized carbons (Fsp3) is 0.632. The molecule has 0 atom stereocenters. The SMILES string of the molecule is CN=C(NCCCCN1CCN(C)CC1)NCc1ccccc1OC(F)(F)F. The van der Waals surface area contributed by atoms with E-state index in [4.69, 9.17) is 0 Å². The molecule has 1 aromatic rings. The third-order valence-electron chi connectivity index (χ3n) is 4.66. The number of hydrogen-bond acceptors (Lipinski definition) is 4. The molecule has 2 N–H and O–H groups in total. The number of rotatable bonds is 8. The average Bonchev–Trinajstić information content (AvgIpc) is 2.65. The molecule has 0 amide bonds. The molecular weight excluding hydrogens is 371 g/mol. The Morgan fingerprint density at radius 2 is 1.82 bits per heavy atom. The molecule has 2 rings (SSSR count). The lowest BCUT2D eigenvalue weighted by Gasteiger charge is -2.32. The summed E-state index contributed by atoms with van der Waals surface area (Å²) in [6, 6.07) is 6.09. The van der Waals surface area contributed by atoms with Gasteiger partial charge in [0.2, 0.25) is 0 Å². The van der Waals surface area contributed by atoms with Gasteiger partial charge in [0.05, 0.1) is 0 Å². The molecular formula is C19H30F3N5O. The average molecular weight is 401 g/mol. The fourth-order valence-electron chi connectivity index (χ4n) is 3.01. The minimum Gasteiger partial charge on any atom is -0.405 e. The zero-order valence-electron chi connectivity index (χ0n) is 16.6. The second kappa shape index (κ2) is 11.1. The molecule has 9 heteroatoms. The normalized spacial score (nSPS) is 16.8. The van der Waals surface area contributed by atoms with Gasteiger partial charge < -0.3 is 25.2 Å². The highest BCUT2D eigenvalue weighted by molar-refractivity contribution is 5.79. The highest BCUT2D eigenvalue weighted by Crippen LogP contribution is 2.25. The minimum atomic E-state index is -4.71. The molecule has 6 nitrogen and oxygen atoms in total.